The molecule has 2 unspecified atom stereocenters. The van der Waals surface area contributed by atoms with Gasteiger partial charge in [0.1, 0.15) is 74.3 Å². The number of aryl methyl sites for hydroxylation is 1. The van der Waals surface area contributed by atoms with Gasteiger partial charge in [0, 0.05) is 91.9 Å². The van der Waals surface area contributed by atoms with Gasteiger partial charge in [-0.1, -0.05) is 50.3 Å². The minimum Gasteiger partial charge on any atom is -0.493 e. The maximum absolute atomic E-state index is 15.2. The Kier molecular flexibility index (Phi) is 37.7. The van der Waals surface area contributed by atoms with E-state index in [-0.39, 0.29) is 191 Å². The highest BCUT2D eigenvalue weighted by Gasteiger charge is 2.55. The molecule has 0 aliphatic carbocycles. The fourth-order valence-electron chi connectivity index (χ4n) is 16.8. The Morgan fingerprint density at radius 1 is 0.500 bits per heavy atom. The summed E-state index contributed by atoms with van der Waals surface area (Å²) in [4.78, 5) is 181. The Morgan fingerprint density at radius 2 is 1.01 bits per heavy atom. The maximum Gasteiger partial charge on any atom is 0.416 e. The molecule has 760 valence electrons. The predicted octanol–water partition coefficient (Wildman–Crippen LogP) is 9.51. The zero-order chi connectivity index (χ0) is 102. The van der Waals surface area contributed by atoms with Crippen molar-refractivity contribution in [2.75, 3.05) is 111 Å². The maximum atomic E-state index is 15.2. The zero-order valence-electron chi connectivity index (χ0n) is 81.1. The lowest BCUT2D eigenvalue weighted by Gasteiger charge is -2.43. The van der Waals surface area contributed by atoms with Gasteiger partial charge in [-0.15, -0.1) is 0 Å². The van der Waals surface area contributed by atoms with Gasteiger partial charge in [0.25, 0.3) is 17.7 Å². The van der Waals surface area contributed by atoms with Gasteiger partial charge in [0.2, 0.25) is 18.7 Å². The standard InChI is InChI=1S/C99H123N5O36/c1-53-35-74-92(115)103(97(118)131-49-64-24-26-78(71(42-64)89(112)100-27-19-18-22-82(110)140-99(11,12)13)137-95-57(5)85(134-60(8)106)86(135-61(9)107)87(139-95)94(117)123-17)72-44-79(55(3)37-68(72)90(113)101(74)46-53)128-50-65-38-66(40-67(39-65)127-34-33-125-30-29-124-31-32-126-52-83(111)122-16)51-129-81-45-73-69(43-80(81)121-15)91(114)102-47-54(2)36-75(102)93(116)104(73)98(119)130-48-63-23-25-77(70(41-63)76(109)21-20-28-120-14)138-96-88(136-62(10)108)84(133-59(7)105)56(4)58(6)132-96/h23-26,37-45,56-58,74-75,84-88,92-93,95-96,115-116H,1-2,18-22,27-36,46-52H2,3-17H3,(H,100,112)/t56-,57-,58-,74+,75+,84+,85-,86+,87+,88-,92?,93?,95-,96+/m1/s1. The monoisotopic (exact) mass is 1960 g/mol. The Labute approximate surface area is 809 Å². The molecule has 5 aromatic rings. The second kappa shape index (κ2) is 49.2. The number of amides is 5. The van der Waals surface area contributed by atoms with Crippen LogP contribution in [0, 0.1) is 18.8 Å². The van der Waals surface area contributed by atoms with Crippen LogP contribution in [0.3, 0.4) is 0 Å². The highest BCUT2D eigenvalue weighted by Crippen LogP contribution is 2.46. The number of rotatable bonds is 43. The van der Waals surface area contributed by atoms with Crippen LogP contribution in [0.1, 0.15) is 183 Å². The molecule has 11 rings (SSSR count). The molecule has 6 aliphatic rings. The summed E-state index contributed by atoms with van der Waals surface area (Å²) in [6.07, 6.45) is -15.0. The van der Waals surface area contributed by atoms with Crippen LogP contribution in [0.2, 0.25) is 0 Å². The molecule has 41 nitrogen and oxygen atoms in total. The third-order valence-electron chi connectivity index (χ3n) is 23.6. The van der Waals surface area contributed by atoms with E-state index in [1.54, 1.807) is 59.7 Å². The number of benzene rings is 5. The number of esters is 7. The van der Waals surface area contributed by atoms with Crippen LogP contribution in [0.5, 0.6) is 34.5 Å². The van der Waals surface area contributed by atoms with Crippen molar-refractivity contribution in [3.05, 3.63) is 153 Å². The molecule has 0 spiro atoms. The Hall–Kier alpha value is -13.0. The van der Waals surface area contributed by atoms with Crippen LogP contribution in [0.15, 0.2) is 103 Å². The molecule has 6 aliphatic heterocycles. The summed E-state index contributed by atoms with van der Waals surface area (Å²) in [7, 11) is 5.14. The molecule has 5 amide bonds. The predicted molar refractivity (Wildman–Crippen MR) is 491 cm³/mol. The number of hydrogen-bond donors (Lipinski definition) is 3. The van der Waals surface area contributed by atoms with E-state index in [0.717, 1.165) is 30.8 Å². The minimum absolute atomic E-state index is 0.00709. The first kappa shape index (κ1) is 107. The summed E-state index contributed by atoms with van der Waals surface area (Å²) < 4.78 is 122. The number of anilines is 2. The summed E-state index contributed by atoms with van der Waals surface area (Å²) in [6, 6.07) is 17.2. The van der Waals surface area contributed by atoms with Gasteiger partial charge < -0.3 is 125 Å². The van der Waals surface area contributed by atoms with Crippen molar-refractivity contribution in [3.8, 4) is 34.5 Å². The lowest BCUT2D eigenvalue weighted by molar-refractivity contribution is -0.263. The highest BCUT2D eigenvalue weighted by atomic mass is 16.7. The van der Waals surface area contributed by atoms with E-state index in [1.807, 2.05) is 0 Å². The van der Waals surface area contributed by atoms with E-state index in [2.05, 4.69) is 23.2 Å². The molecule has 6 heterocycles. The van der Waals surface area contributed by atoms with Gasteiger partial charge in [0.05, 0.1) is 112 Å². The highest BCUT2D eigenvalue weighted by molar-refractivity contribution is 6.07. The van der Waals surface area contributed by atoms with E-state index < -0.39 is 182 Å². The third kappa shape index (κ3) is 27.8. The second-order valence-electron chi connectivity index (χ2n) is 35.4. The fourth-order valence-corrected chi connectivity index (χ4v) is 16.8. The van der Waals surface area contributed by atoms with Gasteiger partial charge in [-0.05, 0) is 149 Å². The third-order valence-corrected chi connectivity index (χ3v) is 23.6. The molecule has 0 radical (unpaired) electrons. The number of carbonyl (C=O) groups is 13. The molecule has 140 heavy (non-hydrogen) atoms. The topological polar surface area (TPSA) is 481 Å². The first-order valence-electron chi connectivity index (χ1n) is 45.8. The number of aliphatic hydroxyl groups is 2. The number of nitrogens with one attached hydrogen (secondary N) is 1. The molecule has 0 bridgehead atoms. The Morgan fingerprint density at radius 3 is 1.56 bits per heavy atom. The summed E-state index contributed by atoms with van der Waals surface area (Å²) in [5.41, 5.74) is 1.65. The van der Waals surface area contributed by atoms with Crippen LogP contribution in [0.4, 0.5) is 21.0 Å². The van der Waals surface area contributed by atoms with Crippen LogP contribution in [0.25, 0.3) is 0 Å². The van der Waals surface area contributed by atoms with E-state index in [9.17, 15) is 63.0 Å². The average Bonchev–Trinajstić information content (AvgIpc) is 1.61. The molecular weight excluding hydrogens is 1840 g/mol. The van der Waals surface area contributed by atoms with Gasteiger partial charge in [-0.2, -0.15) is 0 Å². The van der Waals surface area contributed by atoms with E-state index in [4.69, 9.17) is 94.7 Å². The first-order chi connectivity index (χ1) is 66.7. The normalized spacial score (nSPS) is 21.9. The van der Waals surface area contributed by atoms with Crippen molar-refractivity contribution in [1.82, 2.24) is 15.1 Å². The van der Waals surface area contributed by atoms with Crippen molar-refractivity contribution >= 4 is 88.9 Å². The largest absolute Gasteiger partial charge is 0.493 e. The van der Waals surface area contributed by atoms with Crippen LogP contribution in [-0.2, 0) is 131 Å². The van der Waals surface area contributed by atoms with E-state index >= 15 is 9.59 Å². The number of ether oxygens (including phenoxy) is 21. The number of hydrogen-bond acceptors (Lipinski definition) is 36. The lowest BCUT2D eigenvalue weighted by atomic mass is 9.91. The van der Waals surface area contributed by atoms with Gasteiger partial charge in [-0.25, -0.2) is 29.0 Å². The van der Waals surface area contributed by atoms with Gasteiger partial charge in [-0.3, -0.25) is 43.2 Å². The molecule has 41 heteroatoms. The van der Waals surface area contributed by atoms with Crippen molar-refractivity contribution in [3.63, 3.8) is 0 Å². The number of ketones is 1. The molecule has 14 atom stereocenters. The second-order valence-corrected chi connectivity index (χ2v) is 35.4. The van der Waals surface area contributed by atoms with Crippen molar-refractivity contribution < 1.29 is 172 Å². The van der Waals surface area contributed by atoms with Crippen molar-refractivity contribution in [2.24, 2.45) is 11.8 Å². The number of methoxy groups -OCH3 is 4. The van der Waals surface area contributed by atoms with Crippen molar-refractivity contribution in [1.29, 1.82) is 0 Å². The summed E-state index contributed by atoms with van der Waals surface area (Å²) in [6.45, 7) is 23.8. The fraction of sp³-hybridized carbons (Fsp3) is 0.525. The van der Waals surface area contributed by atoms with Crippen LogP contribution >= 0.6 is 0 Å². The molecule has 4 saturated heterocycles. The number of Topliss-reactive ketones (excluding diaryl/α,β-unsaturated/α-hetero) is 1. The lowest BCUT2D eigenvalue weighted by Crippen LogP contribution is -2.60. The minimum atomic E-state index is -1.78. The van der Waals surface area contributed by atoms with Crippen molar-refractivity contribution in [2.45, 2.75) is 227 Å². The number of aliphatic hydroxyl groups excluding tert-OH is 2. The molecular formula is C99H123N5O36. The average molecular weight is 1960 g/mol. The number of carbonyl (C=O) groups excluding carboxylic acids is 13. The summed E-state index contributed by atoms with van der Waals surface area (Å²) >= 11 is 0. The van der Waals surface area contributed by atoms with E-state index in [1.165, 1.54) is 113 Å². The smallest absolute Gasteiger partial charge is 0.416 e. The molecule has 3 N–H and O–H groups in total. The van der Waals surface area contributed by atoms with Gasteiger partial charge in [0.15, 0.2) is 48.0 Å². The Bertz CT molecular complexity index is 5380. The quantitative estimate of drug-likeness (QED) is 0.0107. The molecule has 5 aromatic carbocycles. The molecule has 4 fully saturated rings. The van der Waals surface area contributed by atoms with Gasteiger partial charge >= 0.3 is 54.0 Å². The van der Waals surface area contributed by atoms with E-state index in [0.29, 0.717) is 47.1 Å². The number of fused-ring (bicyclic) bond motifs is 4. The Balaban J connectivity index is 0.875. The van der Waals surface area contributed by atoms with Crippen LogP contribution in [-0.4, -0.2) is 278 Å². The SMILES string of the molecule is C=C1C[C@H]2C(O)N(C(=O)OCc3ccc(O[C@@H]4O[C@H](C(=O)OC)[C@@H](OC(C)=O)[C@H](OC(C)=O)[C@H]4C)c(C(=O)NCCCCC(=O)OC(C)(C)C)c3)c3cc(OCc4cc(COc5cc6c(cc5OC)C(=O)N5CC(=C)C[C@H]5C(O)N6C(=O)OCc5ccc(O[C@@H]6O[C@H](C)[C@@H](C)[C@H](OC(C)=O)[C@H]6OC(C)=O)c(C(=O)CCCOC)c5)cc(OCCOCCOCCOCC(=O)OC)c4)c(C)cc3C(=O)N2C1. The van der Waals surface area contributed by atoms with Crippen LogP contribution < -0.4 is 43.5 Å². The number of unbranched alkanes of at least 4 members (excludes halogenated alkanes) is 1. The number of nitrogens with zero attached hydrogens (tertiary/aromatic N) is 4. The summed E-state index contributed by atoms with van der Waals surface area (Å²) in [5.74, 6) is -8.55. The summed E-state index contributed by atoms with van der Waals surface area (Å²) in [5, 5.41) is 27.9. The first-order valence-corrected chi connectivity index (χ1v) is 45.8. The molecule has 0 saturated carbocycles. The zero-order valence-corrected chi connectivity index (χ0v) is 81.1. The molecule has 0 aromatic heterocycles.